The maximum absolute atomic E-state index is 10.4. The van der Waals surface area contributed by atoms with Crippen LogP contribution in [0.2, 0.25) is 0 Å². The summed E-state index contributed by atoms with van der Waals surface area (Å²) in [7, 11) is 0. The lowest BCUT2D eigenvalue weighted by atomic mass is 10.00. The SMILES string of the molecule is Oc1c(-c2ccccc2)cc(Br)c2ccccc12. The number of rotatable bonds is 1. The van der Waals surface area contributed by atoms with Crippen LogP contribution in [-0.2, 0) is 0 Å². The van der Waals surface area contributed by atoms with Crippen molar-refractivity contribution in [3.05, 3.63) is 65.1 Å². The van der Waals surface area contributed by atoms with Crippen LogP contribution in [0.15, 0.2) is 65.1 Å². The summed E-state index contributed by atoms with van der Waals surface area (Å²) in [5.41, 5.74) is 1.86. The second-order valence-corrected chi connectivity index (χ2v) is 5.02. The first kappa shape index (κ1) is 11.3. The normalized spacial score (nSPS) is 10.7. The van der Waals surface area contributed by atoms with Crippen molar-refractivity contribution < 1.29 is 5.11 Å². The fourth-order valence-corrected chi connectivity index (χ4v) is 2.73. The maximum atomic E-state index is 10.4. The van der Waals surface area contributed by atoms with Crippen LogP contribution in [0.5, 0.6) is 5.75 Å². The van der Waals surface area contributed by atoms with E-state index in [1.807, 2.05) is 60.7 Å². The minimum atomic E-state index is 0.333. The van der Waals surface area contributed by atoms with Gasteiger partial charge in [0, 0.05) is 15.4 Å². The number of fused-ring (bicyclic) bond motifs is 1. The number of benzene rings is 3. The highest BCUT2D eigenvalue weighted by atomic mass is 79.9. The van der Waals surface area contributed by atoms with Crippen molar-refractivity contribution in [3.63, 3.8) is 0 Å². The second kappa shape index (κ2) is 4.46. The van der Waals surface area contributed by atoms with Crippen LogP contribution in [0.1, 0.15) is 0 Å². The molecule has 1 nitrogen and oxygen atoms in total. The molecule has 0 unspecified atom stereocenters. The van der Waals surface area contributed by atoms with Gasteiger partial charge in [0.2, 0.25) is 0 Å². The third-order valence-corrected chi connectivity index (χ3v) is 3.71. The molecule has 0 radical (unpaired) electrons. The van der Waals surface area contributed by atoms with Crippen LogP contribution < -0.4 is 0 Å². The molecule has 0 atom stereocenters. The minimum absolute atomic E-state index is 0.333. The topological polar surface area (TPSA) is 20.2 Å². The number of phenols is 1. The van der Waals surface area contributed by atoms with Gasteiger partial charge in [-0.15, -0.1) is 0 Å². The molecule has 0 bridgehead atoms. The van der Waals surface area contributed by atoms with Crippen LogP contribution in [0, 0.1) is 0 Å². The zero-order valence-electron chi connectivity index (χ0n) is 9.60. The summed E-state index contributed by atoms with van der Waals surface area (Å²) < 4.78 is 0.995. The molecule has 0 aliphatic rings. The van der Waals surface area contributed by atoms with E-state index in [0.29, 0.717) is 5.75 Å². The lowest BCUT2D eigenvalue weighted by Crippen LogP contribution is -1.83. The fourth-order valence-electron chi connectivity index (χ4n) is 2.15. The number of phenolic OH excluding ortho intramolecular Hbond substituents is 1. The Morgan fingerprint density at radius 3 is 2.11 bits per heavy atom. The molecule has 0 saturated carbocycles. The molecule has 2 heteroatoms. The molecular weight excluding hydrogens is 288 g/mol. The summed E-state index contributed by atoms with van der Waals surface area (Å²) in [6.07, 6.45) is 0. The lowest BCUT2D eigenvalue weighted by molar-refractivity contribution is 0.483. The molecule has 1 N–H and O–H groups in total. The summed E-state index contributed by atoms with van der Waals surface area (Å²) >= 11 is 3.57. The van der Waals surface area contributed by atoms with Crippen molar-refractivity contribution in [1.29, 1.82) is 0 Å². The summed E-state index contributed by atoms with van der Waals surface area (Å²) in [5.74, 6) is 0.333. The van der Waals surface area contributed by atoms with Gasteiger partial charge in [-0.3, -0.25) is 0 Å². The first-order valence-corrected chi connectivity index (χ1v) is 6.52. The third kappa shape index (κ3) is 1.79. The molecule has 0 heterocycles. The lowest BCUT2D eigenvalue weighted by Gasteiger charge is -2.10. The molecular formula is C16H11BrO. The molecule has 88 valence electrons. The Morgan fingerprint density at radius 1 is 0.778 bits per heavy atom. The molecule has 0 saturated heterocycles. The molecule has 0 amide bonds. The van der Waals surface area contributed by atoms with E-state index in [1.54, 1.807) is 0 Å². The highest BCUT2D eigenvalue weighted by Crippen LogP contribution is 2.39. The number of halogens is 1. The van der Waals surface area contributed by atoms with E-state index in [-0.39, 0.29) is 0 Å². The summed E-state index contributed by atoms with van der Waals surface area (Å²) in [6.45, 7) is 0. The van der Waals surface area contributed by atoms with Crippen LogP contribution in [0.4, 0.5) is 0 Å². The van der Waals surface area contributed by atoms with Crippen molar-refractivity contribution in [1.82, 2.24) is 0 Å². The van der Waals surface area contributed by atoms with Gasteiger partial charge in [-0.2, -0.15) is 0 Å². The highest BCUT2D eigenvalue weighted by molar-refractivity contribution is 9.10. The minimum Gasteiger partial charge on any atom is -0.507 e. The second-order valence-electron chi connectivity index (χ2n) is 4.17. The predicted molar refractivity (Wildman–Crippen MR) is 78.7 cm³/mol. The van der Waals surface area contributed by atoms with Gasteiger partial charge < -0.3 is 5.11 Å². The Bertz CT molecular complexity index is 705. The zero-order chi connectivity index (χ0) is 12.5. The summed E-state index contributed by atoms with van der Waals surface area (Å²) in [6, 6.07) is 19.7. The summed E-state index contributed by atoms with van der Waals surface area (Å²) in [5, 5.41) is 12.3. The Labute approximate surface area is 114 Å². The average Bonchev–Trinajstić information content (AvgIpc) is 2.44. The summed E-state index contributed by atoms with van der Waals surface area (Å²) in [4.78, 5) is 0. The van der Waals surface area contributed by atoms with E-state index in [9.17, 15) is 5.11 Å². The number of aromatic hydroxyl groups is 1. The maximum Gasteiger partial charge on any atom is 0.131 e. The van der Waals surface area contributed by atoms with Gasteiger partial charge in [0.25, 0.3) is 0 Å². The van der Waals surface area contributed by atoms with Gasteiger partial charge in [-0.05, 0) is 17.0 Å². The monoisotopic (exact) mass is 298 g/mol. The largest absolute Gasteiger partial charge is 0.507 e. The van der Waals surface area contributed by atoms with Crippen LogP contribution in [0.3, 0.4) is 0 Å². The Hall–Kier alpha value is -1.80. The van der Waals surface area contributed by atoms with Gasteiger partial charge in [-0.25, -0.2) is 0 Å². The Morgan fingerprint density at radius 2 is 1.39 bits per heavy atom. The first-order chi connectivity index (χ1) is 8.77. The first-order valence-electron chi connectivity index (χ1n) is 5.73. The molecule has 3 rings (SSSR count). The smallest absolute Gasteiger partial charge is 0.131 e. The molecule has 0 fully saturated rings. The van der Waals surface area contributed by atoms with Gasteiger partial charge >= 0.3 is 0 Å². The van der Waals surface area contributed by atoms with Crippen molar-refractivity contribution in [3.8, 4) is 16.9 Å². The van der Waals surface area contributed by atoms with Crippen LogP contribution in [-0.4, -0.2) is 5.11 Å². The standard InChI is InChI=1S/C16H11BrO/c17-15-10-14(11-6-2-1-3-7-11)16(18)13-9-5-4-8-12(13)15/h1-10,18H. The van der Waals surface area contributed by atoms with Crippen molar-refractivity contribution >= 4 is 26.7 Å². The molecule has 3 aromatic rings. The van der Waals surface area contributed by atoms with Crippen LogP contribution in [0.25, 0.3) is 21.9 Å². The van der Waals surface area contributed by atoms with E-state index >= 15 is 0 Å². The highest BCUT2D eigenvalue weighted by Gasteiger charge is 2.10. The van der Waals surface area contributed by atoms with Gasteiger partial charge in [0.1, 0.15) is 5.75 Å². The number of hydrogen-bond acceptors (Lipinski definition) is 1. The molecule has 0 aliphatic carbocycles. The van der Waals surface area contributed by atoms with Gasteiger partial charge in [0.15, 0.2) is 0 Å². The van der Waals surface area contributed by atoms with Gasteiger partial charge in [0.05, 0.1) is 0 Å². The molecule has 0 aliphatic heterocycles. The van der Waals surface area contributed by atoms with Gasteiger partial charge in [-0.1, -0.05) is 70.5 Å². The van der Waals surface area contributed by atoms with E-state index in [0.717, 1.165) is 26.4 Å². The molecule has 3 aromatic carbocycles. The Balaban J connectivity index is 2.35. The third-order valence-electron chi connectivity index (χ3n) is 3.05. The quantitative estimate of drug-likeness (QED) is 0.672. The van der Waals surface area contributed by atoms with Crippen molar-refractivity contribution in [2.45, 2.75) is 0 Å². The molecule has 0 spiro atoms. The Kier molecular flexibility index (Phi) is 2.80. The predicted octanol–water partition coefficient (Wildman–Crippen LogP) is 4.97. The number of hydrogen-bond donors (Lipinski definition) is 1. The van der Waals surface area contributed by atoms with E-state index in [4.69, 9.17) is 0 Å². The van der Waals surface area contributed by atoms with Crippen molar-refractivity contribution in [2.75, 3.05) is 0 Å². The zero-order valence-corrected chi connectivity index (χ0v) is 11.2. The fraction of sp³-hybridized carbons (Fsp3) is 0. The molecule has 18 heavy (non-hydrogen) atoms. The van der Waals surface area contributed by atoms with E-state index in [1.165, 1.54) is 0 Å². The average molecular weight is 299 g/mol. The van der Waals surface area contributed by atoms with Crippen molar-refractivity contribution in [2.24, 2.45) is 0 Å². The van der Waals surface area contributed by atoms with E-state index in [2.05, 4.69) is 15.9 Å². The molecule has 0 aromatic heterocycles. The van der Waals surface area contributed by atoms with Crippen LogP contribution >= 0.6 is 15.9 Å². The van der Waals surface area contributed by atoms with E-state index < -0.39 is 0 Å².